The molecule has 0 bridgehead atoms. The number of halogens is 1. The summed E-state index contributed by atoms with van der Waals surface area (Å²) in [6, 6.07) is 8.20. The number of rotatable bonds is 4. The van der Waals surface area contributed by atoms with Crippen molar-refractivity contribution < 1.29 is 4.79 Å². The molecule has 110 valence electrons. The highest BCUT2D eigenvalue weighted by molar-refractivity contribution is 7.97. The Labute approximate surface area is 130 Å². The summed E-state index contributed by atoms with van der Waals surface area (Å²) in [5.41, 5.74) is 1.36. The Morgan fingerprint density at radius 2 is 2.15 bits per heavy atom. The van der Waals surface area contributed by atoms with Gasteiger partial charge in [-0.25, -0.2) is 0 Å². The summed E-state index contributed by atoms with van der Waals surface area (Å²) in [5.74, 6) is 2.05. The Kier molecular flexibility index (Phi) is 5.75. The minimum absolute atomic E-state index is 0.0159. The van der Waals surface area contributed by atoms with Gasteiger partial charge >= 0.3 is 0 Å². The van der Waals surface area contributed by atoms with E-state index in [1.807, 2.05) is 12.1 Å². The highest BCUT2D eigenvalue weighted by Gasteiger charge is 2.28. The number of carbonyl (C=O) groups excluding carboxylic acids is 1. The molecule has 5 heteroatoms. The summed E-state index contributed by atoms with van der Waals surface area (Å²) in [6.45, 7) is 3.74. The SMILES string of the molecule is CC(=O)NSC[C@H]1CN(C)CC[C@@H]1c1ccc(Cl)cc1. The van der Waals surface area contributed by atoms with Gasteiger partial charge in [-0.1, -0.05) is 35.7 Å². The number of benzene rings is 1. The average Bonchev–Trinajstić information content (AvgIpc) is 2.40. The van der Waals surface area contributed by atoms with Crippen LogP contribution in [0.5, 0.6) is 0 Å². The molecule has 1 N–H and O–H groups in total. The van der Waals surface area contributed by atoms with Crippen molar-refractivity contribution in [3.8, 4) is 0 Å². The highest BCUT2D eigenvalue weighted by atomic mass is 35.5. The van der Waals surface area contributed by atoms with Crippen LogP contribution >= 0.6 is 23.5 Å². The monoisotopic (exact) mass is 312 g/mol. The molecule has 1 heterocycles. The first-order valence-electron chi connectivity index (χ1n) is 6.88. The van der Waals surface area contributed by atoms with Gasteiger partial charge in [-0.15, -0.1) is 0 Å². The van der Waals surface area contributed by atoms with Crippen LogP contribution < -0.4 is 4.72 Å². The Balaban J connectivity index is 2.03. The Bertz CT molecular complexity index is 452. The summed E-state index contributed by atoms with van der Waals surface area (Å²) in [5, 5.41) is 0.783. The van der Waals surface area contributed by atoms with Crippen molar-refractivity contribution in [2.24, 2.45) is 5.92 Å². The molecule has 0 spiro atoms. The molecule has 0 aliphatic carbocycles. The van der Waals surface area contributed by atoms with Crippen molar-refractivity contribution in [3.63, 3.8) is 0 Å². The zero-order valence-electron chi connectivity index (χ0n) is 11.9. The van der Waals surface area contributed by atoms with Crippen LogP contribution in [-0.4, -0.2) is 36.7 Å². The smallest absolute Gasteiger partial charge is 0.226 e. The number of nitrogens with zero attached hydrogens (tertiary/aromatic N) is 1. The number of hydrogen-bond donors (Lipinski definition) is 1. The maximum absolute atomic E-state index is 11.0. The second-order valence-electron chi connectivity index (χ2n) is 5.44. The number of likely N-dealkylation sites (tertiary alicyclic amines) is 1. The first-order chi connectivity index (χ1) is 9.56. The van der Waals surface area contributed by atoms with Gasteiger partial charge < -0.3 is 9.62 Å². The van der Waals surface area contributed by atoms with Gasteiger partial charge in [0.1, 0.15) is 0 Å². The zero-order valence-corrected chi connectivity index (χ0v) is 13.5. The van der Waals surface area contributed by atoms with Crippen molar-refractivity contribution in [1.82, 2.24) is 9.62 Å². The van der Waals surface area contributed by atoms with Gasteiger partial charge in [-0.3, -0.25) is 4.79 Å². The van der Waals surface area contributed by atoms with Crippen LogP contribution in [0.4, 0.5) is 0 Å². The van der Waals surface area contributed by atoms with E-state index in [-0.39, 0.29) is 5.91 Å². The molecular weight excluding hydrogens is 292 g/mol. The highest BCUT2D eigenvalue weighted by Crippen LogP contribution is 2.34. The fraction of sp³-hybridized carbons (Fsp3) is 0.533. The minimum Gasteiger partial charge on any atom is -0.306 e. The third-order valence-corrected chi connectivity index (χ3v) is 5.03. The first kappa shape index (κ1) is 15.7. The topological polar surface area (TPSA) is 32.3 Å². The van der Waals surface area contributed by atoms with Gasteiger partial charge in [-0.05, 0) is 49.5 Å². The lowest BCUT2D eigenvalue weighted by Crippen LogP contribution is -2.38. The molecule has 3 nitrogen and oxygen atoms in total. The molecule has 20 heavy (non-hydrogen) atoms. The van der Waals surface area contributed by atoms with Crippen molar-refractivity contribution in [3.05, 3.63) is 34.9 Å². The second-order valence-corrected chi connectivity index (χ2v) is 6.70. The lowest BCUT2D eigenvalue weighted by atomic mass is 9.81. The largest absolute Gasteiger partial charge is 0.306 e. The van der Waals surface area contributed by atoms with Crippen LogP contribution in [0.1, 0.15) is 24.8 Å². The van der Waals surface area contributed by atoms with Crippen LogP contribution in [0.15, 0.2) is 24.3 Å². The van der Waals surface area contributed by atoms with E-state index in [4.69, 9.17) is 11.6 Å². The zero-order chi connectivity index (χ0) is 14.5. The molecular formula is C15H21ClN2OS. The Morgan fingerprint density at radius 1 is 1.45 bits per heavy atom. The van der Waals surface area contributed by atoms with Gasteiger partial charge in [0, 0.05) is 24.2 Å². The van der Waals surface area contributed by atoms with Crippen molar-refractivity contribution >= 4 is 29.5 Å². The van der Waals surface area contributed by atoms with Gasteiger partial charge in [0.15, 0.2) is 0 Å². The summed E-state index contributed by atoms with van der Waals surface area (Å²) < 4.78 is 2.83. The van der Waals surface area contributed by atoms with E-state index in [0.717, 1.165) is 30.3 Å². The molecule has 1 aliphatic heterocycles. The van der Waals surface area contributed by atoms with Crippen molar-refractivity contribution in [2.45, 2.75) is 19.3 Å². The first-order valence-corrected chi connectivity index (χ1v) is 8.25. The summed E-state index contributed by atoms with van der Waals surface area (Å²) >= 11 is 7.49. The van der Waals surface area contributed by atoms with Gasteiger partial charge in [-0.2, -0.15) is 0 Å². The van der Waals surface area contributed by atoms with Crippen LogP contribution in [0.25, 0.3) is 0 Å². The predicted octanol–water partition coefficient (Wildman–Crippen LogP) is 3.16. The molecule has 1 aromatic rings. The molecule has 0 radical (unpaired) electrons. The molecule has 2 atom stereocenters. The Morgan fingerprint density at radius 3 is 2.80 bits per heavy atom. The van der Waals surface area contributed by atoms with Gasteiger partial charge in [0.2, 0.25) is 5.91 Å². The van der Waals surface area contributed by atoms with E-state index in [1.54, 1.807) is 6.92 Å². The number of nitrogens with one attached hydrogen (secondary N) is 1. The molecule has 1 saturated heterocycles. The number of piperidine rings is 1. The quantitative estimate of drug-likeness (QED) is 0.867. The average molecular weight is 313 g/mol. The molecule has 1 fully saturated rings. The summed E-state index contributed by atoms with van der Waals surface area (Å²) in [6.07, 6.45) is 1.16. The van der Waals surface area contributed by atoms with Crippen LogP contribution in [0.3, 0.4) is 0 Å². The van der Waals surface area contributed by atoms with Crippen LogP contribution in [0.2, 0.25) is 5.02 Å². The maximum atomic E-state index is 11.0. The van der Waals surface area contributed by atoms with E-state index in [2.05, 4.69) is 28.8 Å². The van der Waals surface area contributed by atoms with Crippen LogP contribution in [0, 0.1) is 5.92 Å². The fourth-order valence-electron chi connectivity index (χ4n) is 2.78. The van der Waals surface area contributed by atoms with E-state index in [1.165, 1.54) is 17.5 Å². The molecule has 0 aromatic heterocycles. The predicted molar refractivity (Wildman–Crippen MR) is 86.1 cm³/mol. The summed E-state index contributed by atoms with van der Waals surface area (Å²) in [4.78, 5) is 13.3. The number of hydrogen-bond acceptors (Lipinski definition) is 3. The third-order valence-electron chi connectivity index (χ3n) is 3.75. The molecule has 1 aliphatic rings. The Hall–Kier alpha value is -0.710. The van der Waals surface area contributed by atoms with Crippen molar-refractivity contribution in [2.75, 3.05) is 25.9 Å². The maximum Gasteiger partial charge on any atom is 0.226 e. The molecule has 0 unspecified atom stereocenters. The van der Waals surface area contributed by atoms with Crippen molar-refractivity contribution in [1.29, 1.82) is 0 Å². The normalized spacial score (nSPS) is 23.6. The van der Waals surface area contributed by atoms with E-state index in [0.29, 0.717) is 11.8 Å². The standard InChI is InChI=1S/C15H21ClN2OS/c1-11(19)17-20-10-13-9-18(2)8-7-15(13)12-3-5-14(16)6-4-12/h3-6,13,15H,7-10H2,1-2H3,(H,17,19)/t13-,15-/m1/s1. The molecule has 1 aromatic carbocycles. The minimum atomic E-state index is 0.0159. The second kappa shape index (κ2) is 7.34. The van der Waals surface area contributed by atoms with E-state index < -0.39 is 0 Å². The lowest BCUT2D eigenvalue weighted by molar-refractivity contribution is -0.117. The molecule has 1 amide bonds. The van der Waals surface area contributed by atoms with Crippen LogP contribution in [-0.2, 0) is 4.79 Å². The number of amides is 1. The van der Waals surface area contributed by atoms with E-state index in [9.17, 15) is 4.79 Å². The fourth-order valence-corrected chi connectivity index (χ4v) is 3.75. The lowest BCUT2D eigenvalue weighted by Gasteiger charge is -2.37. The third kappa shape index (κ3) is 4.40. The summed E-state index contributed by atoms with van der Waals surface area (Å²) in [7, 11) is 2.16. The van der Waals surface area contributed by atoms with E-state index >= 15 is 0 Å². The molecule has 2 rings (SSSR count). The number of carbonyl (C=O) groups is 1. The molecule has 0 saturated carbocycles. The van der Waals surface area contributed by atoms with Gasteiger partial charge in [0.05, 0.1) is 0 Å². The van der Waals surface area contributed by atoms with Gasteiger partial charge in [0.25, 0.3) is 0 Å².